The molecule has 3 saturated heterocycles. The zero-order valence-corrected chi connectivity index (χ0v) is 19.2. The standard InChI is InChI=1S/C23H23F3N2O7/c1-21-9-15(20(31)34-11-33-7-6-32-3)22(2,35-21)17-16(21)18(29)28(19(17)30)13-5-4-12(10-27)14(8-13)23(24,25)26/h4-5,8,15-17H,6-7,9,11H2,1-3H3/t15-,16+,17-,21?,22?/m1/s1. The number of imide groups is 1. The molecule has 1 aromatic rings. The van der Waals surface area contributed by atoms with Crippen LogP contribution in [0.1, 0.15) is 31.4 Å². The van der Waals surface area contributed by atoms with E-state index in [0.717, 1.165) is 12.1 Å². The first-order chi connectivity index (χ1) is 16.4. The van der Waals surface area contributed by atoms with Crippen molar-refractivity contribution in [3.63, 3.8) is 0 Å². The summed E-state index contributed by atoms with van der Waals surface area (Å²) in [6, 6.07) is 4.13. The normalized spacial score (nSPS) is 31.6. The highest BCUT2D eigenvalue weighted by Gasteiger charge is 2.77. The lowest BCUT2D eigenvalue weighted by Gasteiger charge is -2.33. The molecule has 3 aliphatic heterocycles. The van der Waals surface area contributed by atoms with Crippen molar-refractivity contribution in [2.45, 2.75) is 37.6 Å². The molecule has 3 heterocycles. The largest absolute Gasteiger partial charge is 0.438 e. The molecule has 2 amide bonds. The number of nitrogens with zero attached hydrogens (tertiary/aromatic N) is 2. The fourth-order valence-corrected chi connectivity index (χ4v) is 5.53. The van der Waals surface area contributed by atoms with E-state index in [9.17, 15) is 27.6 Å². The minimum Gasteiger partial charge on any atom is -0.438 e. The Morgan fingerprint density at radius 2 is 1.91 bits per heavy atom. The molecule has 4 rings (SSSR count). The summed E-state index contributed by atoms with van der Waals surface area (Å²) in [7, 11) is 1.49. The van der Waals surface area contributed by atoms with Crippen LogP contribution in [0.3, 0.4) is 0 Å². The summed E-state index contributed by atoms with van der Waals surface area (Å²) in [5.74, 6) is -5.10. The van der Waals surface area contributed by atoms with Crippen molar-refractivity contribution in [2.24, 2.45) is 17.8 Å². The number of esters is 1. The maximum absolute atomic E-state index is 13.5. The number of methoxy groups -OCH3 is 1. The first-order valence-corrected chi connectivity index (χ1v) is 10.8. The van der Waals surface area contributed by atoms with E-state index in [0.29, 0.717) is 17.6 Å². The molecule has 1 aromatic carbocycles. The summed E-state index contributed by atoms with van der Waals surface area (Å²) in [6.07, 6.45) is -4.77. The zero-order chi connectivity index (χ0) is 25.8. The smallest absolute Gasteiger partial charge is 0.417 e. The number of benzene rings is 1. The van der Waals surface area contributed by atoms with Gasteiger partial charge in [0.1, 0.15) is 0 Å². The first kappa shape index (κ1) is 25.1. The highest BCUT2D eigenvalue weighted by molar-refractivity contribution is 6.23. The fraction of sp³-hybridized carbons (Fsp3) is 0.565. The Morgan fingerprint density at radius 1 is 1.23 bits per heavy atom. The molecular formula is C23H23F3N2O7. The molecule has 0 saturated carbocycles. The molecule has 3 aliphatic rings. The molecule has 12 heteroatoms. The number of nitriles is 1. The van der Waals surface area contributed by atoms with Crippen LogP contribution in [-0.4, -0.2) is 56.1 Å². The Bertz CT molecular complexity index is 1120. The zero-order valence-electron chi connectivity index (χ0n) is 19.2. The van der Waals surface area contributed by atoms with Gasteiger partial charge in [-0.3, -0.25) is 14.4 Å². The molecule has 0 aromatic heterocycles. The second-order valence-electron chi connectivity index (χ2n) is 9.14. The van der Waals surface area contributed by atoms with E-state index in [2.05, 4.69) is 0 Å². The second-order valence-corrected chi connectivity index (χ2v) is 9.14. The maximum atomic E-state index is 13.5. The number of alkyl halides is 3. The number of rotatable bonds is 7. The molecule has 0 N–H and O–H groups in total. The van der Waals surface area contributed by atoms with E-state index >= 15 is 0 Å². The van der Waals surface area contributed by atoms with Gasteiger partial charge in [-0.15, -0.1) is 0 Å². The van der Waals surface area contributed by atoms with Crippen LogP contribution in [0, 0.1) is 29.1 Å². The topological polar surface area (TPSA) is 115 Å². The van der Waals surface area contributed by atoms with Crippen molar-refractivity contribution in [3.05, 3.63) is 29.3 Å². The van der Waals surface area contributed by atoms with Gasteiger partial charge in [-0.2, -0.15) is 18.4 Å². The number of carbonyl (C=O) groups excluding carboxylic acids is 3. The number of carbonyl (C=O) groups is 3. The average Bonchev–Trinajstić information content (AvgIpc) is 3.33. The number of amides is 2. The lowest BCUT2D eigenvalue weighted by molar-refractivity contribution is -0.169. The van der Waals surface area contributed by atoms with Crippen LogP contribution in [0.25, 0.3) is 0 Å². The Labute approximate surface area is 198 Å². The molecule has 9 nitrogen and oxygen atoms in total. The first-order valence-electron chi connectivity index (χ1n) is 10.8. The van der Waals surface area contributed by atoms with Gasteiger partial charge in [0.15, 0.2) is 6.79 Å². The number of halogens is 3. The molecule has 188 valence electrons. The van der Waals surface area contributed by atoms with Crippen molar-refractivity contribution >= 4 is 23.5 Å². The van der Waals surface area contributed by atoms with E-state index < -0.39 is 64.0 Å². The number of fused-ring (bicyclic) bond motifs is 5. The van der Waals surface area contributed by atoms with Gasteiger partial charge in [-0.25, -0.2) is 4.90 Å². The van der Waals surface area contributed by atoms with E-state index in [4.69, 9.17) is 24.2 Å². The number of hydrogen-bond donors (Lipinski definition) is 0. The van der Waals surface area contributed by atoms with E-state index in [1.165, 1.54) is 20.1 Å². The third-order valence-electron chi connectivity index (χ3n) is 7.02. The fourth-order valence-electron chi connectivity index (χ4n) is 5.53. The van der Waals surface area contributed by atoms with Crippen LogP contribution in [0.5, 0.6) is 0 Å². The van der Waals surface area contributed by atoms with Crippen LogP contribution >= 0.6 is 0 Å². The summed E-state index contributed by atoms with van der Waals surface area (Å²) < 4.78 is 61.6. The minimum atomic E-state index is -4.86. The SMILES string of the molecule is COCCOCOC(=O)[C@H]1CC2(C)OC1(C)[C@H]1C(=O)N(c3ccc(C#N)c(C(F)(F)F)c3)C(=O)[C@H]12. The lowest BCUT2D eigenvalue weighted by atomic mass is 9.64. The van der Waals surface area contributed by atoms with Gasteiger partial charge in [0.05, 0.1) is 65.1 Å². The van der Waals surface area contributed by atoms with Gasteiger partial charge in [0.2, 0.25) is 11.8 Å². The van der Waals surface area contributed by atoms with E-state index in [1.54, 1.807) is 6.92 Å². The van der Waals surface area contributed by atoms with E-state index in [1.807, 2.05) is 0 Å². The van der Waals surface area contributed by atoms with Crippen LogP contribution in [-0.2, 0) is 39.5 Å². The van der Waals surface area contributed by atoms with Crippen molar-refractivity contribution in [2.75, 3.05) is 32.0 Å². The van der Waals surface area contributed by atoms with Crippen molar-refractivity contribution in [1.29, 1.82) is 5.26 Å². The third kappa shape index (κ3) is 3.87. The summed E-state index contributed by atoms with van der Waals surface area (Å²) in [6.45, 7) is 3.32. The highest BCUT2D eigenvalue weighted by atomic mass is 19.4. The Hall–Kier alpha value is -3.01. The molecule has 3 fully saturated rings. The van der Waals surface area contributed by atoms with Gasteiger partial charge >= 0.3 is 12.1 Å². The quantitative estimate of drug-likeness (QED) is 0.245. The van der Waals surface area contributed by atoms with Gasteiger partial charge in [0.25, 0.3) is 0 Å². The monoisotopic (exact) mass is 496 g/mol. The number of hydrogen-bond acceptors (Lipinski definition) is 8. The lowest BCUT2D eigenvalue weighted by Crippen LogP contribution is -2.49. The second kappa shape index (κ2) is 8.58. The summed E-state index contributed by atoms with van der Waals surface area (Å²) in [4.78, 5) is 40.3. The van der Waals surface area contributed by atoms with Gasteiger partial charge in [-0.05, 0) is 38.5 Å². The van der Waals surface area contributed by atoms with Crippen LogP contribution in [0.15, 0.2) is 18.2 Å². The Balaban J connectivity index is 1.61. The Kier molecular flexibility index (Phi) is 6.15. The Morgan fingerprint density at radius 3 is 2.54 bits per heavy atom. The van der Waals surface area contributed by atoms with Crippen molar-refractivity contribution < 1.29 is 46.5 Å². The highest BCUT2D eigenvalue weighted by Crippen LogP contribution is 2.63. The van der Waals surface area contributed by atoms with Crippen LogP contribution in [0.2, 0.25) is 0 Å². The molecule has 2 unspecified atom stereocenters. The summed E-state index contributed by atoms with van der Waals surface area (Å²) in [5.41, 5.74) is -4.76. The summed E-state index contributed by atoms with van der Waals surface area (Å²) >= 11 is 0. The van der Waals surface area contributed by atoms with E-state index in [-0.39, 0.29) is 25.5 Å². The average molecular weight is 496 g/mol. The summed E-state index contributed by atoms with van der Waals surface area (Å²) in [5, 5.41) is 9.03. The molecule has 0 aliphatic carbocycles. The maximum Gasteiger partial charge on any atom is 0.417 e. The minimum absolute atomic E-state index is 0.0929. The predicted octanol–water partition coefficient (Wildman–Crippen LogP) is 2.41. The van der Waals surface area contributed by atoms with Gasteiger partial charge in [-0.1, -0.05) is 0 Å². The van der Waals surface area contributed by atoms with Crippen LogP contribution in [0.4, 0.5) is 18.9 Å². The molecule has 0 spiro atoms. The number of anilines is 1. The molecule has 35 heavy (non-hydrogen) atoms. The van der Waals surface area contributed by atoms with Gasteiger partial charge in [0, 0.05) is 7.11 Å². The van der Waals surface area contributed by atoms with Crippen LogP contribution < -0.4 is 4.90 Å². The molecular weight excluding hydrogens is 473 g/mol. The third-order valence-corrected chi connectivity index (χ3v) is 7.02. The molecule has 2 bridgehead atoms. The van der Waals surface area contributed by atoms with Crippen molar-refractivity contribution in [3.8, 4) is 6.07 Å². The molecule has 0 radical (unpaired) electrons. The van der Waals surface area contributed by atoms with Crippen molar-refractivity contribution in [1.82, 2.24) is 0 Å². The predicted molar refractivity (Wildman–Crippen MR) is 110 cm³/mol. The van der Waals surface area contributed by atoms with Gasteiger partial charge < -0.3 is 18.9 Å². The molecule has 5 atom stereocenters. The number of ether oxygens (including phenoxy) is 4.